The number of carbonyl (C=O) groups excluding carboxylic acids is 1. The van der Waals surface area contributed by atoms with E-state index in [1.54, 1.807) is 18.3 Å². The van der Waals surface area contributed by atoms with Crippen molar-refractivity contribution < 1.29 is 4.79 Å². The van der Waals surface area contributed by atoms with Crippen molar-refractivity contribution in [1.82, 2.24) is 4.98 Å². The van der Waals surface area contributed by atoms with Gasteiger partial charge in [0, 0.05) is 18.5 Å². The molecule has 0 saturated carbocycles. The van der Waals surface area contributed by atoms with Crippen molar-refractivity contribution in [1.29, 1.82) is 0 Å². The van der Waals surface area contributed by atoms with Gasteiger partial charge in [-0.05, 0) is 18.6 Å². The molecule has 0 fully saturated rings. The van der Waals surface area contributed by atoms with Gasteiger partial charge in [-0.15, -0.1) is 11.6 Å². The van der Waals surface area contributed by atoms with Gasteiger partial charge in [-0.3, -0.25) is 4.79 Å². The molecule has 1 amide bonds. The predicted molar refractivity (Wildman–Crippen MR) is 57.8 cm³/mol. The lowest BCUT2D eigenvalue weighted by molar-refractivity contribution is -0.116. The minimum absolute atomic E-state index is 0.0967. The van der Waals surface area contributed by atoms with E-state index in [0.717, 1.165) is 0 Å². The number of anilines is 1. The van der Waals surface area contributed by atoms with Crippen LogP contribution >= 0.6 is 23.2 Å². The van der Waals surface area contributed by atoms with Crippen LogP contribution in [0.15, 0.2) is 18.3 Å². The van der Waals surface area contributed by atoms with Gasteiger partial charge in [0.15, 0.2) is 5.15 Å². The highest BCUT2D eigenvalue weighted by Crippen LogP contribution is 2.17. The summed E-state index contributed by atoms with van der Waals surface area (Å²) in [5.74, 6) is 0.384. The van der Waals surface area contributed by atoms with E-state index in [9.17, 15) is 4.79 Å². The molecule has 0 aliphatic carbocycles. The zero-order chi connectivity index (χ0) is 10.4. The fourth-order valence-electron chi connectivity index (χ4n) is 0.919. The van der Waals surface area contributed by atoms with E-state index in [-0.39, 0.29) is 5.91 Å². The molecule has 76 valence electrons. The first-order chi connectivity index (χ1) is 6.74. The minimum Gasteiger partial charge on any atom is -0.323 e. The van der Waals surface area contributed by atoms with Crippen LogP contribution < -0.4 is 5.32 Å². The third-order valence-corrected chi connectivity index (χ3v) is 2.14. The first-order valence-electron chi connectivity index (χ1n) is 4.20. The number of nitrogens with one attached hydrogen (secondary N) is 1. The molecule has 3 nitrogen and oxygen atoms in total. The van der Waals surface area contributed by atoms with E-state index >= 15 is 0 Å². The molecule has 1 aromatic rings. The standard InChI is InChI=1S/C9H10Cl2N2O/c10-5-1-4-8(14)13-7-3-2-6-12-9(7)11/h2-3,6H,1,4-5H2,(H,13,14). The molecule has 1 heterocycles. The molecule has 0 bridgehead atoms. The lowest BCUT2D eigenvalue weighted by Gasteiger charge is -2.04. The zero-order valence-electron chi connectivity index (χ0n) is 7.46. The number of pyridine rings is 1. The van der Waals surface area contributed by atoms with Crippen molar-refractivity contribution in [3.05, 3.63) is 23.5 Å². The largest absolute Gasteiger partial charge is 0.323 e. The number of rotatable bonds is 4. The molecule has 0 spiro atoms. The van der Waals surface area contributed by atoms with Crippen molar-refractivity contribution >= 4 is 34.8 Å². The number of halogens is 2. The summed E-state index contributed by atoms with van der Waals surface area (Å²) in [5, 5.41) is 2.95. The molecule has 1 rings (SSSR count). The van der Waals surface area contributed by atoms with Gasteiger partial charge in [0.25, 0.3) is 0 Å². The smallest absolute Gasteiger partial charge is 0.224 e. The van der Waals surface area contributed by atoms with Crippen LogP contribution in [0.4, 0.5) is 5.69 Å². The molecule has 1 N–H and O–H groups in total. The van der Waals surface area contributed by atoms with E-state index in [1.165, 1.54) is 0 Å². The van der Waals surface area contributed by atoms with Crippen LogP contribution in [-0.2, 0) is 4.79 Å². The normalized spacial score (nSPS) is 9.86. The molecule has 0 unspecified atom stereocenters. The van der Waals surface area contributed by atoms with Crippen molar-refractivity contribution in [2.24, 2.45) is 0 Å². The van der Waals surface area contributed by atoms with E-state index in [2.05, 4.69) is 10.3 Å². The van der Waals surface area contributed by atoms with Crippen molar-refractivity contribution in [2.45, 2.75) is 12.8 Å². The number of hydrogen-bond acceptors (Lipinski definition) is 2. The molecule has 0 atom stereocenters. The Bertz CT molecular complexity index is 317. The number of carbonyl (C=O) groups is 1. The Labute approximate surface area is 92.4 Å². The van der Waals surface area contributed by atoms with Crippen molar-refractivity contribution in [2.75, 3.05) is 11.2 Å². The van der Waals surface area contributed by atoms with Gasteiger partial charge < -0.3 is 5.32 Å². The zero-order valence-corrected chi connectivity index (χ0v) is 8.98. The van der Waals surface area contributed by atoms with Gasteiger partial charge in [-0.2, -0.15) is 0 Å². The summed E-state index contributed by atoms with van der Waals surface area (Å²) in [6, 6.07) is 3.41. The molecular weight excluding hydrogens is 223 g/mol. The maximum Gasteiger partial charge on any atom is 0.224 e. The monoisotopic (exact) mass is 232 g/mol. The molecule has 0 aliphatic rings. The molecule has 0 aliphatic heterocycles. The van der Waals surface area contributed by atoms with Gasteiger partial charge in [-0.1, -0.05) is 11.6 Å². The van der Waals surface area contributed by atoms with E-state index in [1.807, 2.05) is 0 Å². The minimum atomic E-state index is -0.0967. The second-order valence-electron chi connectivity index (χ2n) is 2.68. The van der Waals surface area contributed by atoms with Gasteiger partial charge in [0.2, 0.25) is 5.91 Å². The summed E-state index contributed by atoms with van der Waals surface area (Å²) in [4.78, 5) is 15.1. The third kappa shape index (κ3) is 3.52. The quantitative estimate of drug-likeness (QED) is 0.641. The topological polar surface area (TPSA) is 42.0 Å². The summed E-state index contributed by atoms with van der Waals surface area (Å²) in [6.07, 6.45) is 2.62. The summed E-state index contributed by atoms with van der Waals surface area (Å²) < 4.78 is 0. The van der Waals surface area contributed by atoms with Crippen LogP contribution in [0.5, 0.6) is 0 Å². The molecule has 0 saturated heterocycles. The third-order valence-electron chi connectivity index (χ3n) is 1.57. The number of amides is 1. The predicted octanol–water partition coefficient (Wildman–Crippen LogP) is 2.69. The molecule has 0 radical (unpaired) electrons. The first-order valence-corrected chi connectivity index (χ1v) is 5.11. The fraction of sp³-hybridized carbons (Fsp3) is 0.333. The molecule has 5 heteroatoms. The van der Waals surface area contributed by atoms with E-state index in [4.69, 9.17) is 23.2 Å². The summed E-state index contributed by atoms with van der Waals surface area (Å²) >= 11 is 11.2. The Morgan fingerprint density at radius 3 is 3.00 bits per heavy atom. The number of alkyl halides is 1. The summed E-state index contributed by atoms with van der Waals surface area (Å²) in [7, 11) is 0. The maximum absolute atomic E-state index is 11.3. The Kier molecular flexibility index (Phi) is 4.70. The highest BCUT2D eigenvalue weighted by atomic mass is 35.5. The van der Waals surface area contributed by atoms with Crippen LogP contribution in [-0.4, -0.2) is 16.8 Å². The Balaban J connectivity index is 2.52. The lowest BCUT2D eigenvalue weighted by atomic mass is 10.3. The fourth-order valence-corrected chi connectivity index (χ4v) is 1.22. The molecule has 1 aromatic heterocycles. The molecule has 14 heavy (non-hydrogen) atoms. The van der Waals surface area contributed by atoms with Crippen LogP contribution in [0.3, 0.4) is 0 Å². The van der Waals surface area contributed by atoms with Gasteiger partial charge in [0.1, 0.15) is 0 Å². The van der Waals surface area contributed by atoms with Crippen molar-refractivity contribution in [3.63, 3.8) is 0 Å². The average molecular weight is 233 g/mol. The highest BCUT2D eigenvalue weighted by Gasteiger charge is 2.04. The molecule has 0 aromatic carbocycles. The van der Waals surface area contributed by atoms with E-state index in [0.29, 0.717) is 29.6 Å². The average Bonchev–Trinajstić information content (AvgIpc) is 2.18. The highest BCUT2D eigenvalue weighted by molar-refractivity contribution is 6.32. The SMILES string of the molecule is O=C(CCCCl)Nc1cccnc1Cl. The Hall–Kier alpha value is -0.800. The number of nitrogens with zero attached hydrogens (tertiary/aromatic N) is 1. The van der Waals surface area contributed by atoms with E-state index < -0.39 is 0 Å². The molecular formula is C9H10Cl2N2O. The van der Waals surface area contributed by atoms with Crippen LogP contribution in [0.1, 0.15) is 12.8 Å². The van der Waals surface area contributed by atoms with Gasteiger partial charge >= 0.3 is 0 Å². The lowest BCUT2D eigenvalue weighted by Crippen LogP contribution is -2.11. The number of hydrogen-bond donors (Lipinski definition) is 1. The van der Waals surface area contributed by atoms with Gasteiger partial charge in [-0.25, -0.2) is 4.98 Å². The second kappa shape index (κ2) is 5.83. The maximum atomic E-state index is 11.3. The van der Waals surface area contributed by atoms with Crippen LogP contribution in [0, 0.1) is 0 Å². The van der Waals surface area contributed by atoms with Crippen molar-refractivity contribution in [3.8, 4) is 0 Å². The summed E-state index contributed by atoms with van der Waals surface area (Å²) in [5.41, 5.74) is 0.536. The second-order valence-corrected chi connectivity index (χ2v) is 3.42. The number of aromatic nitrogens is 1. The Morgan fingerprint density at radius 1 is 1.57 bits per heavy atom. The van der Waals surface area contributed by atoms with Crippen LogP contribution in [0.25, 0.3) is 0 Å². The van der Waals surface area contributed by atoms with Crippen LogP contribution in [0.2, 0.25) is 5.15 Å². The first kappa shape index (κ1) is 11.3. The Morgan fingerprint density at radius 2 is 2.36 bits per heavy atom. The summed E-state index contributed by atoms with van der Waals surface area (Å²) in [6.45, 7) is 0. The van der Waals surface area contributed by atoms with Gasteiger partial charge in [0.05, 0.1) is 5.69 Å².